The lowest BCUT2D eigenvalue weighted by atomic mass is 10.1. The summed E-state index contributed by atoms with van der Waals surface area (Å²) >= 11 is 0. The van der Waals surface area contributed by atoms with Crippen molar-refractivity contribution in [2.45, 2.75) is 32.7 Å². The molecule has 2 aromatic rings. The molecular formula is C18H21NO3. The molecule has 22 heavy (non-hydrogen) atoms. The lowest BCUT2D eigenvalue weighted by molar-refractivity contribution is -0.148. The minimum absolute atomic E-state index is 0.160. The number of rotatable bonds is 4. The molecule has 0 aromatic heterocycles. The number of carbonyl (C=O) groups is 2. The first-order valence-electron chi connectivity index (χ1n) is 7.28. The molecule has 4 nitrogen and oxygen atoms in total. The van der Waals surface area contributed by atoms with Crippen molar-refractivity contribution in [2.75, 3.05) is 6.61 Å². The Balaban J connectivity index is 1.89. The van der Waals surface area contributed by atoms with Gasteiger partial charge in [0, 0.05) is 5.54 Å². The first-order valence-corrected chi connectivity index (χ1v) is 7.28. The molecule has 0 fully saturated rings. The SMILES string of the molecule is CC(C)(C)NC(=O)COC(=O)Cc1ccc2ccccc2c1. The zero-order valence-corrected chi connectivity index (χ0v) is 13.2. The van der Waals surface area contributed by atoms with Gasteiger partial charge >= 0.3 is 5.97 Å². The van der Waals surface area contributed by atoms with Crippen molar-refractivity contribution < 1.29 is 14.3 Å². The zero-order chi connectivity index (χ0) is 16.2. The lowest BCUT2D eigenvalue weighted by Crippen LogP contribution is -2.42. The third-order valence-corrected chi connectivity index (χ3v) is 3.04. The number of nitrogens with one attached hydrogen (secondary N) is 1. The van der Waals surface area contributed by atoms with Crippen LogP contribution in [0.25, 0.3) is 10.8 Å². The summed E-state index contributed by atoms with van der Waals surface area (Å²) in [6.07, 6.45) is 0.160. The van der Waals surface area contributed by atoms with E-state index in [9.17, 15) is 9.59 Å². The number of benzene rings is 2. The number of carbonyl (C=O) groups excluding carboxylic acids is 2. The molecule has 2 rings (SSSR count). The third-order valence-electron chi connectivity index (χ3n) is 3.04. The Morgan fingerprint density at radius 1 is 1.05 bits per heavy atom. The van der Waals surface area contributed by atoms with E-state index in [1.165, 1.54) is 0 Å². The number of amides is 1. The van der Waals surface area contributed by atoms with E-state index in [0.29, 0.717) is 0 Å². The highest BCUT2D eigenvalue weighted by Crippen LogP contribution is 2.16. The molecule has 0 atom stereocenters. The summed E-state index contributed by atoms with van der Waals surface area (Å²) in [6, 6.07) is 13.8. The smallest absolute Gasteiger partial charge is 0.310 e. The van der Waals surface area contributed by atoms with Crippen molar-refractivity contribution in [3.8, 4) is 0 Å². The molecular weight excluding hydrogens is 278 g/mol. The van der Waals surface area contributed by atoms with Crippen molar-refractivity contribution in [3.63, 3.8) is 0 Å². The molecule has 0 aliphatic heterocycles. The van der Waals surface area contributed by atoms with E-state index in [-0.39, 0.29) is 24.5 Å². The van der Waals surface area contributed by atoms with Crippen molar-refractivity contribution >= 4 is 22.6 Å². The number of hydrogen-bond donors (Lipinski definition) is 1. The van der Waals surface area contributed by atoms with Crippen LogP contribution in [0.15, 0.2) is 42.5 Å². The Kier molecular flexibility index (Phi) is 4.81. The summed E-state index contributed by atoms with van der Waals surface area (Å²) in [5.74, 6) is -0.696. The van der Waals surface area contributed by atoms with Crippen molar-refractivity contribution in [1.82, 2.24) is 5.32 Å². The van der Waals surface area contributed by atoms with Crippen LogP contribution in [-0.2, 0) is 20.7 Å². The fourth-order valence-electron chi connectivity index (χ4n) is 2.17. The Morgan fingerprint density at radius 3 is 2.41 bits per heavy atom. The van der Waals surface area contributed by atoms with Gasteiger partial charge < -0.3 is 10.1 Å². The van der Waals surface area contributed by atoms with Crippen LogP contribution in [0.5, 0.6) is 0 Å². The molecule has 0 unspecified atom stereocenters. The van der Waals surface area contributed by atoms with Gasteiger partial charge in [0.25, 0.3) is 5.91 Å². The predicted octanol–water partition coefficient (Wildman–Crippen LogP) is 2.84. The van der Waals surface area contributed by atoms with E-state index < -0.39 is 5.97 Å². The molecule has 0 aliphatic rings. The van der Waals surface area contributed by atoms with Crippen molar-refractivity contribution in [2.24, 2.45) is 0 Å². The number of ether oxygens (including phenoxy) is 1. The van der Waals surface area contributed by atoms with E-state index in [1.807, 2.05) is 63.2 Å². The molecule has 4 heteroatoms. The molecule has 0 heterocycles. The van der Waals surface area contributed by atoms with Crippen LogP contribution in [0.1, 0.15) is 26.3 Å². The Labute approximate surface area is 130 Å². The highest BCUT2D eigenvalue weighted by molar-refractivity contribution is 5.85. The predicted molar refractivity (Wildman–Crippen MR) is 86.5 cm³/mol. The van der Waals surface area contributed by atoms with Crippen LogP contribution in [0, 0.1) is 0 Å². The van der Waals surface area contributed by atoms with Crippen LogP contribution in [-0.4, -0.2) is 24.0 Å². The molecule has 1 N–H and O–H groups in total. The zero-order valence-electron chi connectivity index (χ0n) is 13.2. The van der Waals surface area contributed by atoms with Gasteiger partial charge in [-0.1, -0.05) is 42.5 Å². The maximum absolute atomic E-state index is 11.8. The molecule has 0 radical (unpaired) electrons. The van der Waals surface area contributed by atoms with Crippen LogP contribution >= 0.6 is 0 Å². The van der Waals surface area contributed by atoms with Gasteiger partial charge in [0.05, 0.1) is 6.42 Å². The van der Waals surface area contributed by atoms with E-state index in [2.05, 4.69) is 5.32 Å². The molecule has 0 aliphatic carbocycles. The molecule has 0 saturated heterocycles. The standard InChI is InChI=1S/C18H21NO3/c1-18(2,3)19-16(20)12-22-17(21)11-13-8-9-14-6-4-5-7-15(14)10-13/h4-10H,11-12H2,1-3H3,(H,19,20). The molecule has 0 spiro atoms. The normalized spacial score (nSPS) is 11.2. The van der Waals surface area contributed by atoms with Gasteiger partial charge in [0.15, 0.2) is 6.61 Å². The van der Waals surface area contributed by atoms with Gasteiger partial charge in [-0.3, -0.25) is 9.59 Å². The minimum Gasteiger partial charge on any atom is -0.455 e. The Hall–Kier alpha value is -2.36. The second-order valence-electron chi connectivity index (χ2n) is 6.32. The van der Waals surface area contributed by atoms with E-state index >= 15 is 0 Å². The monoisotopic (exact) mass is 299 g/mol. The summed E-state index contributed by atoms with van der Waals surface area (Å²) in [6.45, 7) is 5.38. The van der Waals surface area contributed by atoms with Gasteiger partial charge in [-0.2, -0.15) is 0 Å². The average Bonchev–Trinajstić information content (AvgIpc) is 2.43. The lowest BCUT2D eigenvalue weighted by Gasteiger charge is -2.20. The molecule has 1 amide bonds. The van der Waals surface area contributed by atoms with E-state index in [0.717, 1.165) is 16.3 Å². The molecule has 0 bridgehead atoms. The first-order chi connectivity index (χ1) is 10.3. The van der Waals surface area contributed by atoms with Gasteiger partial charge in [-0.25, -0.2) is 0 Å². The fraction of sp³-hybridized carbons (Fsp3) is 0.333. The van der Waals surface area contributed by atoms with Crippen LogP contribution in [0.2, 0.25) is 0 Å². The van der Waals surface area contributed by atoms with Crippen LogP contribution < -0.4 is 5.32 Å². The quantitative estimate of drug-likeness (QED) is 0.883. The average molecular weight is 299 g/mol. The summed E-state index contributed by atoms with van der Waals surface area (Å²) < 4.78 is 5.01. The maximum Gasteiger partial charge on any atom is 0.310 e. The van der Waals surface area contributed by atoms with Gasteiger partial charge in [0.1, 0.15) is 0 Å². The topological polar surface area (TPSA) is 55.4 Å². The highest BCUT2D eigenvalue weighted by atomic mass is 16.5. The Bertz CT molecular complexity index is 686. The van der Waals surface area contributed by atoms with Crippen molar-refractivity contribution in [3.05, 3.63) is 48.0 Å². The second kappa shape index (κ2) is 6.60. The summed E-state index contributed by atoms with van der Waals surface area (Å²) in [7, 11) is 0. The number of fused-ring (bicyclic) bond motifs is 1. The molecule has 2 aromatic carbocycles. The third kappa shape index (κ3) is 4.88. The number of hydrogen-bond acceptors (Lipinski definition) is 3. The van der Waals surface area contributed by atoms with Crippen LogP contribution in [0.3, 0.4) is 0 Å². The maximum atomic E-state index is 11.8. The molecule has 116 valence electrons. The highest BCUT2D eigenvalue weighted by Gasteiger charge is 2.15. The number of esters is 1. The minimum atomic E-state index is -0.403. The summed E-state index contributed by atoms with van der Waals surface area (Å²) in [5.41, 5.74) is 0.543. The molecule has 0 saturated carbocycles. The second-order valence-corrected chi connectivity index (χ2v) is 6.32. The Morgan fingerprint density at radius 2 is 1.73 bits per heavy atom. The van der Waals surface area contributed by atoms with E-state index in [4.69, 9.17) is 4.74 Å². The summed E-state index contributed by atoms with van der Waals surface area (Å²) in [5, 5.41) is 4.96. The van der Waals surface area contributed by atoms with Crippen LogP contribution in [0.4, 0.5) is 0 Å². The van der Waals surface area contributed by atoms with Gasteiger partial charge in [-0.05, 0) is 37.1 Å². The first kappa shape index (κ1) is 16.0. The largest absolute Gasteiger partial charge is 0.455 e. The van der Waals surface area contributed by atoms with Crippen molar-refractivity contribution in [1.29, 1.82) is 0 Å². The summed E-state index contributed by atoms with van der Waals surface area (Å²) in [4.78, 5) is 23.4. The van der Waals surface area contributed by atoms with Gasteiger partial charge in [-0.15, -0.1) is 0 Å². The fourth-order valence-corrected chi connectivity index (χ4v) is 2.17. The van der Waals surface area contributed by atoms with E-state index in [1.54, 1.807) is 0 Å². The van der Waals surface area contributed by atoms with Gasteiger partial charge in [0.2, 0.25) is 0 Å².